The zero-order valence-electron chi connectivity index (χ0n) is 14.7. The minimum atomic E-state index is -0.416. The van der Waals surface area contributed by atoms with Gasteiger partial charge < -0.3 is 10.1 Å². The van der Waals surface area contributed by atoms with E-state index in [0.717, 1.165) is 10.8 Å². The summed E-state index contributed by atoms with van der Waals surface area (Å²) in [4.78, 5) is 29.2. The average Bonchev–Trinajstić information content (AvgIpc) is 2.69. The van der Waals surface area contributed by atoms with E-state index in [2.05, 4.69) is 10.3 Å². The van der Waals surface area contributed by atoms with Crippen molar-refractivity contribution in [1.82, 2.24) is 9.38 Å². The highest BCUT2D eigenvalue weighted by molar-refractivity contribution is 5.92. The Hall–Kier alpha value is -3.67. The molecule has 0 saturated heterocycles. The number of aryl methyl sites for hydroxylation is 1. The molecule has 0 aliphatic heterocycles. The SMILES string of the molecule is Cc1nc2ccccn2c(=O)c1NC(=O)COc1ccc2ccccc2c1. The summed E-state index contributed by atoms with van der Waals surface area (Å²) in [6.07, 6.45) is 1.62. The van der Waals surface area contributed by atoms with Gasteiger partial charge in [-0.15, -0.1) is 0 Å². The fourth-order valence-corrected chi connectivity index (χ4v) is 2.93. The summed E-state index contributed by atoms with van der Waals surface area (Å²) in [6, 6.07) is 18.8. The van der Waals surface area contributed by atoms with Crippen molar-refractivity contribution in [3.63, 3.8) is 0 Å². The Morgan fingerprint density at radius 3 is 2.70 bits per heavy atom. The molecule has 0 aliphatic carbocycles. The Morgan fingerprint density at radius 1 is 1.07 bits per heavy atom. The monoisotopic (exact) mass is 359 g/mol. The molecule has 1 amide bonds. The van der Waals surface area contributed by atoms with Crippen molar-refractivity contribution in [3.05, 3.63) is 82.9 Å². The van der Waals surface area contributed by atoms with Gasteiger partial charge in [0.1, 0.15) is 17.1 Å². The first kappa shape index (κ1) is 16.8. The van der Waals surface area contributed by atoms with Gasteiger partial charge in [0.15, 0.2) is 6.61 Å². The second-order valence-corrected chi connectivity index (χ2v) is 6.15. The van der Waals surface area contributed by atoms with E-state index in [1.807, 2.05) is 42.5 Å². The van der Waals surface area contributed by atoms with Crippen molar-refractivity contribution in [2.24, 2.45) is 0 Å². The highest BCUT2D eigenvalue weighted by atomic mass is 16.5. The van der Waals surface area contributed by atoms with E-state index in [9.17, 15) is 9.59 Å². The van der Waals surface area contributed by atoms with E-state index in [-0.39, 0.29) is 17.9 Å². The normalized spacial score (nSPS) is 10.9. The van der Waals surface area contributed by atoms with Gasteiger partial charge in [0.25, 0.3) is 11.5 Å². The maximum Gasteiger partial charge on any atom is 0.281 e. The van der Waals surface area contributed by atoms with Crippen LogP contribution in [-0.2, 0) is 4.79 Å². The van der Waals surface area contributed by atoms with Crippen molar-refractivity contribution in [3.8, 4) is 5.75 Å². The van der Waals surface area contributed by atoms with Crippen LogP contribution in [0.15, 0.2) is 71.7 Å². The Kier molecular flexibility index (Phi) is 4.30. The molecule has 27 heavy (non-hydrogen) atoms. The van der Waals surface area contributed by atoms with Gasteiger partial charge in [-0.1, -0.05) is 36.4 Å². The molecule has 0 atom stereocenters. The smallest absolute Gasteiger partial charge is 0.281 e. The van der Waals surface area contributed by atoms with E-state index < -0.39 is 5.91 Å². The van der Waals surface area contributed by atoms with Crippen LogP contribution in [0.4, 0.5) is 5.69 Å². The third-order valence-corrected chi connectivity index (χ3v) is 4.27. The van der Waals surface area contributed by atoms with Gasteiger partial charge in [-0.2, -0.15) is 0 Å². The van der Waals surface area contributed by atoms with Crippen molar-refractivity contribution in [2.45, 2.75) is 6.92 Å². The summed E-state index contributed by atoms with van der Waals surface area (Å²) >= 11 is 0. The molecule has 0 spiro atoms. The maximum absolute atomic E-state index is 12.6. The molecule has 134 valence electrons. The third kappa shape index (κ3) is 3.37. The van der Waals surface area contributed by atoms with E-state index in [1.54, 1.807) is 31.3 Å². The number of anilines is 1. The molecule has 6 nitrogen and oxygen atoms in total. The third-order valence-electron chi connectivity index (χ3n) is 4.27. The van der Waals surface area contributed by atoms with Gasteiger partial charge in [0, 0.05) is 6.20 Å². The molecule has 0 saturated carbocycles. The molecular formula is C21H17N3O3. The molecule has 2 aromatic heterocycles. The summed E-state index contributed by atoms with van der Waals surface area (Å²) in [7, 11) is 0. The van der Waals surface area contributed by atoms with Gasteiger partial charge in [0.2, 0.25) is 0 Å². The van der Waals surface area contributed by atoms with Crippen LogP contribution in [0, 0.1) is 6.92 Å². The molecule has 1 N–H and O–H groups in total. The van der Waals surface area contributed by atoms with Crippen LogP contribution < -0.4 is 15.6 Å². The molecule has 2 aromatic carbocycles. The van der Waals surface area contributed by atoms with Crippen LogP contribution in [0.5, 0.6) is 5.75 Å². The number of hydrogen-bond donors (Lipinski definition) is 1. The standard InChI is InChI=1S/C21H17N3O3/c1-14-20(21(26)24-11-5-4-8-18(24)22-14)23-19(25)13-27-17-10-9-15-6-2-3-7-16(15)12-17/h2-12H,13H2,1H3,(H,23,25). The number of pyridine rings is 1. The molecule has 0 bridgehead atoms. The molecule has 6 heteroatoms. The predicted molar refractivity (Wildman–Crippen MR) is 104 cm³/mol. The molecule has 4 rings (SSSR count). The zero-order chi connectivity index (χ0) is 18.8. The van der Waals surface area contributed by atoms with Crippen LogP contribution in [0.2, 0.25) is 0 Å². The van der Waals surface area contributed by atoms with Crippen molar-refractivity contribution in [2.75, 3.05) is 11.9 Å². The lowest BCUT2D eigenvalue weighted by atomic mass is 10.1. The molecule has 2 heterocycles. The topological polar surface area (TPSA) is 72.7 Å². The maximum atomic E-state index is 12.6. The molecule has 0 fully saturated rings. The number of aromatic nitrogens is 2. The second-order valence-electron chi connectivity index (χ2n) is 6.15. The number of carbonyl (C=O) groups excluding carboxylic acids is 1. The fraction of sp³-hybridized carbons (Fsp3) is 0.0952. The molecule has 0 aliphatic rings. The number of rotatable bonds is 4. The van der Waals surface area contributed by atoms with E-state index in [0.29, 0.717) is 17.1 Å². The second kappa shape index (κ2) is 6.92. The number of nitrogens with one attached hydrogen (secondary N) is 1. The summed E-state index contributed by atoms with van der Waals surface area (Å²) in [6.45, 7) is 1.49. The highest BCUT2D eigenvalue weighted by Gasteiger charge is 2.13. The number of hydrogen-bond acceptors (Lipinski definition) is 4. The lowest BCUT2D eigenvalue weighted by Crippen LogP contribution is -2.27. The minimum Gasteiger partial charge on any atom is -0.484 e. The van der Waals surface area contributed by atoms with E-state index in [4.69, 9.17) is 4.74 Å². The number of ether oxygens (including phenoxy) is 1. The summed E-state index contributed by atoms with van der Waals surface area (Å²) < 4.78 is 6.97. The van der Waals surface area contributed by atoms with Crippen molar-refractivity contribution >= 4 is 28.0 Å². The van der Waals surface area contributed by atoms with Crippen LogP contribution in [-0.4, -0.2) is 21.9 Å². The first-order valence-electron chi connectivity index (χ1n) is 8.51. The van der Waals surface area contributed by atoms with Gasteiger partial charge >= 0.3 is 0 Å². The summed E-state index contributed by atoms with van der Waals surface area (Å²) in [5.41, 5.74) is 0.832. The molecule has 4 aromatic rings. The Bertz CT molecular complexity index is 1210. The fourth-order valence-electron chi connectivity index (χ4n) is 2.93. The van der Waals surface area contributed by atoms with E-state index in [1.165, 1.54) is 4.40 Å². The van der Waals surface area contributed by atoms with Gasteiger partial charge in [-0.05, 0) is 42.0 Å². The largest absolute Gasteiger partial charge is 0.484 e. The Labute approximate surface area is 155 Å². The van der Waals surface area contributed by atoms with Crippen molar-refractivity contribution in [1.29, 1.82) is 0 Å². The average molecular weight is 359 g/mol. The van der Waals surface area contributed by atoms with Gasteiger partial charge in [0.05, 0.1) is 5.69 Å². The number of amides is 1. The number of carbonyl (C=O) groups is 1. The number of fused-ring (bicyclic) bond motifs is 2. The van der Waals surface area contributed by atoms with Gasteiger partial charge in [-0.3, -0.25) is 14.0 Å². The van der Waals surface area contributed by atoms with Crippen LogP contribution in [0.1, 0.15) is 5.69 Å². The van der Waals surface area contributed by atoms with Crippen LogP contribution in [0.25, 0.3) is 16.4 Å². The Morgan fingerprint density at radius 2 is 1.85 bits per heavy atom. The van der Waals surface area contributed by atoms with Crippen molar-refractivity contribution < 1.29 is 9.53 Å². The zero-order valence-corrected chi connectivity index (χ0v) is 14.7. The lowest BCUT2D eigenvalue weighted by Gasteiger charge is -2.10. The van der Waals surface area contributed by atoms with Crippen LogP contribution >= 0.6 is 0 Å². The Balaban J connectivity index is 1.51. The minimum absolute atomic E-state index is 0.158. The van der Waals surface area contributed by atoms with E-state index >= 15 is 0 Å². The quantitative estimate of drug-likeness (QED) is 0.607. The first-order chi connectivity index (χ1) is 13.1. The molecule has 0 radical (unpaired) electrons. The number of benzene rings is 2. The molecule has 0 unspecified atom stereocenters. The van der Waals surface area contributed by atoms with Crippen LogP contribution in [0.3, 0.4) is 0 Å². The number of nitrogens with zero attached hydrogens (tertiary/aromatic N) is 2. The first-order valence-corrected chi connectivity index (χ1v) is 8.51. The highest BCUT2D eigenvalue weighted by Crippen LogP contribution is 2.20. The summed E-state index contributed by atoms with van der Waals surface area (Å²) in [5, 5.41) is 4.75. The molecular weight excluding hydrogens is 342 g/mol. The predicted octanol–water partition coefficient (Wildman–Crippen LogP) is 3.17. The van der Waals surface area contributed by atoms with Gasteiger partial charge in [-0.25, -0.2) is 4.98 Å². The lowest BCUT2D eigenvalue weighted by molar-refractivity contribution is -0.118. The summed E-state index contributed by atoms with van der Waals surface area (Å²) in [5.74, 6) is 0.176.